The summed E-state index contributed by atoms with van der Waals surface area (Å²) in [5.41, 5.74) is 4.40. The molecule has 0 radical (unpaired) electrons. The van der Waals surface area contributed by atoms with Gasteiger partial charge in [0.2, 0.25) is 6.29 Å². The summed E-state index contributed by atoms with van der Waals surface area (Å²) in [5.74, 6) is -0.914. The number of nitrogens with zero attached hydrogens (tertiary/aromatic N) is 1. The zero-order valence-corrected chi connectivity index (χ0v) is 24.3. The van der Waals surface area contributed by atoms with Gasteiger partial charge in [0.25, 0.3) is 5.91 Å². The molecule has 5 aromatic rings. The van der Waals surface area contributed by atoms with Crippen LogP contribution in [0.2, 0.25) is 0 Å². The molecule has 0 saturated carbocycles. The van der Waals surface area contributed by atoms with Crippen molar-refractivity contribution in [1.29, 1.82) is 0 Å². The van der Waals surface area contributed by atoms with Crippen molar-refractivity contribution in [2.75, 3.05) is 31.7 Å². The summed E-state index contributed by atoms with van der Waals surface area (Å²) >= 11 is 1.62. The number of allylic oxidation sites excluding steroid dienone is 1. The topological polar surface area (TPSA) is 120 Å². The lowest BCUT2D eigenvalue weighted by molar-refractivity contribution is -0.148. The number of benzene rings is 3. The second-order valence-corrected chi connectivity index (χ2v) is 11.2. The van der Waals surface area contributed by atoms with Crippen LogP contribution in [0.4, 0.5) is 5.69 Å². The second kappa shape index (κ2) is 12.9. The van der Waals surface area contributed by atoms with Crippen molar-refractivity contribution in [2.45, 2.75) is 25.6 Å². The highest BCUT2D eigenvalue weighted by Gasteiger charge is 2.31. The van der Waals surface area contributed by atoms with Crippen LogP contribution in [0.25, 0.3) is 31.8 Å². The van der Waals surface area contributed by atoms with Crippen LogP contribution in [0.1, 0.15) is 23.5 Å². The van der Waals surface area contributed by atoms with Crippen LogP contribution in [0, 0.1) is 6.92 Å². The monoisotopic (exact) mass is 598 g/mol. The first kappa shape index (κ1) is 28.8. The van der Waals surface area contributed by atoms with Crippen LogP contribution in [0.5, 0.6) is 0 Å². The van der Waals surface area contributed by atoms with Gasteiger partial charge in [0, 0.05) is 29.2 Å². The fourth-order valence-corrected chi connectivity index (χ4v) is 6.00. The average Bonchev–Trinajstić information content (AvgIpc) is 3.45. The van der Waals surface area contributed by atoms with Gasteiger partial charge in [0.1, 0.15) is 10.6 Å². The van der Waals surface area contributed by atoms with E-state index in [0.29, 0.717) is 28.6 Å². The first-order valence-electron chi connectivity index (χ1n) is 14.0. The molecular formula is C33H30N2O7S. The lowest BCUT2D eigenvalue weighted by Gasteiger charge is -2.29. The third kappa shape index (κ3) is 6.52. The molecule has 0 saturated heterocycles. The zero-order valence-electron chi connectivity index (χ0n) is 23.4. The van der Waals surface area contributed by atoms with E-state index in [2.05, 4.69) is 18.3 Å². The van der Waals surface area contributed by atoms with Gasteiger partial charge in [-0.25, -0.2) is 4.98 Å². The van der Waals surface area contributed by atoms with Crippen molar-refractivity contribution < 1.29 is 28.5 Å². The van der Waals surface area contributed by atoms with Crippen molar-refractivity contribution in [3.63, 3.8) is 0 Å². The number of anilines is 1. The van der Waals surface area contributed by atoms with Crippen molar-refractivity contribution in [1.82, 2.24) is 4.98 Å². The van der Waals surface area contributed by atoms with Gasteiger partial charge >= 0.3 is 0 Å². The normalized spacial score (nSPS) is 16.7. The van der Waals surface area contributed by atoms with E-state index in [1.807, 2.05) is 36.4 Å². The van der Waals surface area contributed by atoms with E-state index in [4.69, 9.17) is 28.7 Å². The van der Waals surface area contributed by atoms with Crippen LogP contribution in [0.15, 0.2) is 94.0 Å². The van der Waals surface area contributed by atoms with Crippen LogP contribution >= 0.6 is 11.3 Å². The average molecular weight is 599 g/mol. The molecule has 1 aliphatic heterocycles. The van der Waals surface area contributed by atoms with Gasteiger partial charge in [0.05, 0.1) is 48.3 Å². The molecule has 2 atom stereocenters. The quantitative estimate of drug-likeness (QED) is 0.195. The minimum Gasteiger partial charge on any atom is -0.464 e. The number of thiazole rings is 1. The Labute approximate surface area is 251 Å². The summed E-state index contributed by atoms with van der Waals surface area (Å²) in [6.45, 7) is 2.60. The van der Waals surface area contributed by atoms with Crippen molar-refractivity contribution >= 4 is 44.1 Å². The largest absolute Gasteiger partial charge is 0.464 e. The fraction of sp³-hybridized carbons (Fsp3) is 0.242. The molecule has 3 aromatic carbocycles. The second-order valence-electron chi connectivity index (χ2n) is 10.2. The molecule has 1 aliphatic rings. The Morgan fingerprint density at radius 3 is 2.77 bits per heavy atom. The number of carbonyl (C=O) groups is 1. The Morgan fingerprint density at radius 1 is 1.09 bits per heavy atom. The third-order valence-corrected chi connectivity index (χ3v) is 8.16. The molecule has 10 heteroatoms. The zero-order chi connectivity index (χ0) is 29.8. The highest BCUT2D eigenvalue weighted by atomic mass is 32.1. The Morgan fingerprint density at radius 2 is 1.93 bits per heavy atom. The van der Waals surface area contributed by atoms with Crippen LogP contribution < -0.4 is 10.7 Å². The minimum atomic E-state index is -0.801. The lowest BCUT2D eigenvalue weighted by Crippen LogP contribution is -2.31. The van der Waals surface area contributed by atoms with E-state index in [1.165, 1.54) is 11.8 Å². The van der Waals surface area contributed by atoms with Crippen molar-refractivity contribution in [3.05, 3.63) is 106 Å². The number of aliphatic hydroxyl groups is 1. The van der Waals surface area contributed by atoms with Gasteiger partial charge in [-0.1, -0.05) is 18.2 Å². The summed E-state index contributed by atoms with van der Waals surface area (Å²) in [5, 5.41) is 13.2. The fourth-order valence-electron chi connectivity index (χ4n) is 4.93. The van der Waals surface area contributed by atoms with Crippen LogP contribution in [-0.2, 0) is 19.0 Å². The predicted molar refractivity (Wildman–Crippen MR) is 165 cm³/mol. The number of fused-ring (bicyclic) bond motifs is 2. The van der Waals surface area contributed by atoms with E-state index < -0.39 is 18.1 Å². The number of ether oxygens (including phenoxy) is 3. The maximum Gasteiger partial charge on any atom is 0.290 e. The number of aromatic nitrogens is 1. The van der Waals surface area contributed by atoms with Gasteiger partial charge in [-0.05, 0) is 67.1 Å². The summed E-state index contributed by atoms with van der Waals surface area (Å²) in [6, 6.07) is 20.7. The first-order valence-corrected chi connectivity index (χ1v) is 14.8. The summed E-state index contributed by atoms with van der Waals surface area (Å²) in [4.78, 5) is 31.5. The van der Waals surface area contributed by atoms with E-state index in [1.54, 1.807) is 41.7 Å². The molecule has 3 heterocycles. The number of carbonyl (C=O) groups excluding carboxylic acids is 1. The molecule has 1 amide bonds. The van der Waals surface area contributed by atoms with Crippen LogP contribution in [0.3, 0.4) is 0 Å². The third-order valence-electron chi connectivity index (χ3n) is 7.09. The number of hydrogen-bond donors (Lipinski definition) is 2. The van der Waals surface area contributed by atoms with Gasteiger partial charge < -0.3 is 29.1 Å². The molecule has 43 heavy (non-hydrogen) atoms. The SMILES string of the molecule is Cc1ccc2nc(-c3ccc(NC(=O)C4=CC(c5coc6ccccc6c5=O)CC(OCCOCCO)O4)cc3)sc2c1. The molecule has 2 N–H and O–H groups in total. The van der Waals surface area contributed by atoms with Crippen LogP contribution in [-0.4, -0.2) is 48.7 Å². The lowest BCUT2D eigenvalue weighted by atomic mass is 9.93. The smallest absolute Gasteiger partial charge is 0.290 e. The highest BCUT2D eigenvalue weighted by molar-refractivity contribution is 7.21. The number of rotatable bonds is 10. The Balaban J connectivity index is 1.21. The summed E-state index contributed by atoms with van der Waals surface area (Å²) in [7, 11) is 0. The molecular weight excluding hydrogens is 568 g/mol. The minimum absolute atomic E-state index is 0.0377. The van der Waals surface area contributed by atoms with Gasteiger partial charge in [-0.15, -0.1) is 11.3 Å². The maximum atomic E-state index is 13.4. The molecule has 6 rings (SSSR count). The number of aliphatic hydroxyl groups excluding tert-OH is 1. The summed E-state index contributed by atoms with van der Waals surface area (Å²) in [6.07, 6.45) is 2.58. The number of hydrogen-bond acceptors (Lipinski definition) is 9. The molecule has 9 nitrogen and oxygen atoms in total. The van der Waals surface area contributed by atoms with Gasteiger partial charge in [-0.2, -0.15) is 0 Å². The van der Waals surface area contributed by atoms with Gasteiger partial charge in [0.15, 0.2) is 11.2 Å². The summed E-state index contributed by atoms with van der Waals surface area (Å²) < 4.78 is 23.9. The van der Waals surface area contributed by atoms with Gasteiger partial charge in [-0.3, -0.25) is 9.59 Å². The Kier molecular flexibility index (Phi) is 8.62. The first-order chi connectivity index (χ1) is 21.0. The Bertz CT molecular complexity index is 1840. The standard InChI is InChI=1S/C33H30N2O7S/c1-20-6-11-26-29(16-20)43-33(35-26)21-7-9-23(10-8-21)34-32(38)28-17-22(18-30(42-28)40-15-14-39-13-12-36)25-19-41-27-5-3-2-4-24(27)31(25)37/h2-11,16-17,19,22,30,36H,12-15,18H2,1H3,(H,34,38). The van der Waals surface area contributed by atoms with E-state index in [-0.39, 0.29) is 37.6 Å². The number of nitrogens with one attached hydrogen (secondary N) is 1. The molecule has 0 fully saturated rings. The molecule has 0 bridgehead atoms. The molecule has 220 valence electrons. The van der Waals surface area contributed by atoms with E-state index in [0.717, 1.165) is 20.8 Å². The van der Waals surface area contributed by atoms with E-state index in [9.17, 15) is 9.59 Å². The number of aryl methyl sites for hydroxylation is 1. The van der Waals surface area contributed by atoms with E-state index >= 15 is 0 Å². The maximum absolute atomic E-state index is 13.4. The number of amides is 1. The molecule has 2 aromatic heterocycles. The van der Waals surface area contributed by atoms with Crippen molar-refractivity contribution in [2.24, 2.45) is 0 Å². The highest BCUT2D eigenvalue weighted by Crippen LogP contribution is 2.33. The molecule has 0 aliphatic carbocycles. The van der Waals surface area contributed by atoms with Crippen molar-refractivity contribution in [3.8, 4) is 10.6 Å². The Hall–Kier alpha value is -4.35. The predicted octanol–water partition coefficient (Wildman–Crippen LogP) is 5.76. The molecule has 2 unspecified atom stereocenters. The number of para-hydroxylation sites is 1. The molecule has 0 spiro atoms.